The van der Waals surface area contributed by atoms with E-state index < -0.39 is 10.0 Å². The van der Waals surface area contributed by atoms with Gasteiger partial charge in [-0.2, -0.15) is 5.10 Å². The third kappa shape index (κ3) is 3.00. The van der Waals surface area contributed by atoms with Gasteiger partial charge in [-0.15, -0.1) is 0 Å². The molecule has 0 amide bonds. The first-order valence-electron chi connectivity index (χ1n) is 5.64. The summed E-state index contributed by atoms with van der Waals surface area (Å²) in [7, 11) is -3.85. The lowest BCUT2D eigenvalue weighted by Gasteiger charge is -2.08. The Morgan fingerprint density at radius 2 is 2.10 bits per heavy atom. The molecule has 2 aromatic rings. The van der Waals surface area contributed by atoms with E-state index in [1.165, 1.54) is 29.1 Å². The van der Waals surface area contributed by atoms with Gasteiger partial charge in [0.15, 0.2) is 5.82 Å². The second kappa shape index (κ2) is 5.51. The van der Waals surface area contributed by atoms with Gasteiger partial charge in [0.25, 0.3) is 10.0 Å². The second-order valence-electron chi connectivity index (χ2n) is 3.96. The van der Waals surface area contributed by atoms with E-state index in [-0.39, 0.29) is 21.4 Å². The van der Waals surface area contributed by atoms with E-state index in [4.69, 9.17) is 28.9 Å². The standard InChI is InChI=1S/C11H12Cl2N4O2S/c1-2-17-6-10(11(14)15-17)20(18,19)16-9-4-3-7(12)5-8(9)13/h3-6,16H,2H2,1H3,(H2,14,15). The first-order chi connectivity index (χ1) is 9.33. The van der Waals surface area contributed by atoms with Gasteiger partial charge in [0, 0.05) is 17.8 Å². The molecule has 1 heterocycles. The van der Waals surface area contributed by atoms with Crippen LogP contribution in [-0.4, -0.2) is 18.2 Å². The normalized spacial score (nSPS) is 11.6. The molecule has 0 unspecified atom stereocenters. The zero-order valence-corrected chi connectivity index (χ0v) is 12.8. The summed E-state index contributed by atoms with van der Waals surface area (Å²) >= 11 is 11.7. The lowest BCUT2D eigenvalue weighted by atomic mass is 10.3. The zero-order chi connectivity index (χ0) is 14.9. The summed E-state index contributed by atoms with van der Waals surface area (Å²) < 4.78 is 28.3. The van der Waals surface area contributed by atoms with E-state index >= 15 is 0 Å². The summed E-state index contributed by atoms with van der Waals surface area (Å²) in [6.07, 6.45) is 1.36. The maximum absolute atomic E-state index is 12.3. The number of nitrogens with zero attached hydrogens (tertiary/aromatic N) is 2. The lowest BCUT2D eigenvalue weighted by molar-refractivity contribution is 0.600. The van der Waals surface area contributed by atoms with Gasteiger partial charge in [-0.05, 0) is 25.1 Å². The minimum atomic E-state index is -3.85. The minimum absolute atomic E-state index is 0.0653. The number of nitrogens with two attached hydrogens (primary N) is 1. The average molecular weight is 335 g/mol. The Morgan fingerprint density at radius 3 is 2.65 bits per heavy atom. The molecule has 0 aliphatic rings. The van der Waals surface area contributed by atoms with Crippen molar-refractivity contribution in [3.63, 3.8) is 0 Å². The number of nitrogens with one attached hydrogen (secondary N) is 1. The number of hydrogen-bond donors (Lipinski definition) is 2. The van der Waals surface area contributed by atoms with Crippen LogP contribution in [0.15, 0.2) is 29.3 Å². The van der Waals surface area contributed by atoms with Crippen molar-refractivity contribution in [1.29, 1.82) is 0 Å². The highest BCUT2D eigenvalue weighted by molar-refractivity contribution is 7.92. The van der Waals surface area contributed by atoms with E-state index in [1.807, 2.05) is 6.92 Å². The van der Waals surface area contributed by atoms with E-state index in [0.29, 0.717) is 11.6 Å². The van der Waals surface area contributed by atoms with Gasteiger partial charge in [0.2, 0.25) is 0 Å². The van der Waals surface area contributed by atoms with Gasteiger partial charge in [-0.3, -0.25) is 9.40 Å². The predicted molar refractivity (Wildman–Crippen MR) is 79.6 cm³/mol. The maximum atomic E-state index is 12.3. The highest BCUT2D eigenvalue weighted by atomic mass is 35.5. The van der Waals surface area contributed by atoms with Crippen molar-refractivity contribution in [1.82, 2.24) is 9.78 Å². The van der Waals surface area contributed by atoms with E-state index in [9.17, 15) is 8.42 Å². The highest BCUT2D eigenvalue weighted by Crippen LogP contribution is 2.28. The number of benzene rings is 1. The van der Waals surface area contributed by atoms with Gasteiger partial charge in [0.1, 0.15) is 4.90 Å². The molecular weight excluding hydrogens is 323 g/mol. The first-order valence-corrected chi connectivity index (χ1v) is 7.88. The minimum Gasteiger partial charge on any atom is -0.381 e. The molecule has 9 heteroatoms. The molecule has 108 valence electrons. The Kier molecular flexibility index (Phi) is 4.12. The maximum Gasteiger partial charge on any atom is 0.267 e. The molecule has 3 N–H and O–H groups in total. The molecule has 0 spiro atoms. The number of sulfonamides is 1. The molecule has 0 saturated carbocycles. The number of hydrogen-bond acceptors (Lipinski definition) is 4. The molecule has 0 bridgehead atoms. The largest absolute Gasteiger partial charge is 0.381 e. The van der Waals surface area contributed by atoms with Crippen molar-refractivity contribution in [2.75, 3.05) is 10.5 Å². The Morgan fingerprint density at radius 1 is 1.40 bits per heavy atom. The fourth-order valence-electron chi connectivity index (χ4n) is 1.56. The summed E-state index contributed by atoms with van der Waals surface area (Å²) in [5.41, 5.74) is 5.84. The zero-order valence-electron chi connectivity index (χ0n) is 10.5. The van der Waals surface area contributed by atoms with Crippen LogP contribution in [0, 0.1) is 0 Å². The Balaban J connectivity index is 2.38. The molecule has 6 nitrogen and oxygen atoms in total. The van der Waals surface area contributed by atoms with Gasteiger partial charge >= 0.3 is 0 Å². The van der Waals surface area contributed by atoms with Gasteiger partial charge in [-0.1, -0.05) is 23.2 Å². The van der Waals surface area contributed by atoms with E-state index in [1.54, 1.807) is 0 Å². The fraction of sp³-hybridized carbons (Fsp3) is 0.182. The summed E-state index contributed by atoms with van der Waals surface area (Å²) in [6.45, 7) is 2.34. The van der Waals surface area contributed by atoms with Crippen LogP contribution < -0.4 is 10.5 Å². The van der Waals surface area contributed by atoms with Crippen molar-refractivity contribution in [3.05, 3.63) is 34.4 Å². The number of nitrogen functional groups attached to an aromatic ring is 1. The molecule has 0 radical (unpaired) electrons. The second-order valence-corrected chi connectivity index (χ2v) is 6.46. The summed E-state index contributed by atoms with van der Waals surface area (Å²) in [5.74, 6) is -0.0653. The van der Waals surface area contributed by atoms with Crippen LogP contribution in [0.3, 0.4) is 0 Å². The molecule has 0 aliphatic heterocycles. The molecule has 0 saturated heterocycles. The Labute approximate surface area is 126 Å². The van der Waals surface area contributed by atoms with Crippen LogP contribution in [-0.2, 0) is 16.6 Å². The third-order valence-corrected chi connectivity index (χ3v) is 4.47. The lowest BCUT2D eigenvalue weighted by Crippen LogP contribution is -2.14. The van der Waals surface area contributed by atoms with Crippen LogP contribution in [0.2, 0.25) is 10.0 Å². The van der Waals surface area contributed by atoms with Crippen molar-refractivity contribution < 1.29 is 8.42 Å². The van der Waals surface area contributed by atoms with Crippen LogP contribution in [0.4, 0.5) is 11.5 Å². The molecule has 0 atom stereocenters. The number of aromatic nitrogens is 2. The monoisotopic (exact) mass is 334 g/mol. The quantitative estimate of drug-likeness (QED) is 0.899. The Hall–Kier alpha value is -1.44. The molecule has 20 heavy (non-hydrogen) atoms. The number of anilines is 2. The first kappa shape index (κ1) is 15.0. The molecular formula is C11H12Cl2N4O2S. The summed E-state index contributed by atoms with van der Waals surface area (Å²) in [6, 6.07) is 4.45. The summed E-state index contributed by atoms with van der Waals surface area (Å²) in [4.78, 5) is -0.0923. The van der Waals surface area contributed by atoms with Crippen LogP contribution in [0.25, 0.3) is 0 Å². The van der Waals surface area contributed by atoms with Crippen LogP contribution >= 0.6 is 23.2 Å². The number of halogens is 2. The molecule has 2 rings (SSSR count). The van der Waals surface area contributed by atoms with Gasteiger partial charge < -0.3 is 5.73 Å². The predicted octanol–water partition coefficient (Wildman–Crippen LogP) is 2.59. The van der Waals surface area contributed by atoms with Crippen molar-refractivity contribution in [2.45, 2.75) is 18.4 Å². The molecule has 0 aliphatic carbocycles. The summed E-state index contributed by atoms with van der Waals surface area (Å²) in [5, 5.41) is 4.50. The van der Waals surface area contributed by atoms with E-state index in [0.717, 1.165) is 0 Å². The Bertz CT molecular complexity index is 743. The average Bonchev–Trinajstić information content (AvgIpc) is 2.75. The van der Waals surface area contributed by atoms with Crippen molar-refractivity contribution in [3.8, 4) is 0 Å². The molecule has 0 fully saturated rings. The number of aryl methyl sites for hydroxylation is 1. The van der Waals surface area contributed by atoms with Crippen molar-refractivity contribution in [2.24, 2.45) is 0 Å². The highest BCUT2D eigenvalue weighted by Gasteiger charge is 2.22. The molecule has 1 aromatic heterocycles. The van der Waals surface area contributed by atoms with E-state index in [2.05, 4.69) is 9.82 Å². The molecule has 1 aromatic carbocycles. The van der Waals surface area contributed by atoms with Crippen LogP contribution in [0.5, 0.6) is 0 Å². The van der Waals surface area contributed by atoms with Gasteiger partial charge in [0.05, 0.1) is 10.7 Å². The SMILES string of the molecule is CCn1cc(S(=O)(=O)Nc2ccc(Cl)cc2Cl)c(N)n1. The topological polar surface area (TPSA) is 90.0 Å². The van der Waals surface area contributed by atoms with Crippen molar-refractivity contribution >= 4 is 44.7 Å². The third-order valence-electron chi connectivity index (χ3n) is 2.54. The number of rotatable bonds is 4. The van der Waals surface area contributed by atoms with Gasteiger partial charge in [-0.25, -0.2) is 8.42 Å². The smallest absolute Gasteiger partial charge is 0.267 e. The fourth-order valence-corrected chi connectivity index (χ4v) is 3.22. The van der Waals surface area contributed by atoms with Crippen LogP contribution in [0.1, 0.15) is 6.92 Å².